The van der Waals surface area contributed by atoms with E-state index in [2.05, 4.69) is 5.43 Å². The van der Waals surface area contributed by atoms with Crippen molar-refractivity contribution in [3.05, 3.63) is 35.4 Å². The molecule has 1 atom stereocenters. The summed E-state index contributed by atoms with van der Waals surface area (Å²) in [5.74, 6) is 5.02. The molecule has 0 aliphatic carbocycles. The summed E-state index contributed by atoms with van der Waals surface area (Å²) in [6, 6.07) is 7.25. The van der Waals surface area contributed by atoms with Crippen LogP contribution in [0.3, 0.4) is 0 Å². The van der Waals surface area contributed by atoms with Gasteiger partial charge in [-0.2, -0.15) is 0 Å². The van der Waals surface area contributed by atoms with Gasteiger partial charge in [0, 0.05) is 6.04 Å². The van der Waals surface area contributed by atoms with Gasteiger partial charge in [0.25, 0.3) is 0 Å². The number of nitrogens with two attached hydrogens (primary N) is 1. The summed E-state index contributed by atoms with van der Waals surface area (Å²) in [4.78, 5) is 11.4. The van der Waals surface area contributed by atoms with Crippen LogP contribution in [-0.4, -0.2) is 12.6 Å². The molecule has 0 amide bonds. The fourth-order valence-electron chi connectivity index (χ4n) is 1.25. The number of hydrazine groups is 1. The van der Waals surface area contributed by atoms with Crippen LogP contribution in [0.4, 0.5) is 0 Å². The van der Waals surface area contributed by atoms with Gasteiger partial charge in [0.15, 0.2) is 0 Å². The van der Waals surface area contributed by atoms with Crippen molar-refractivity contribution in [3.63, 3.8) is 0 Å². The van der Waals surface area contributed by atoms with Crippen LogP contribution in [0.2, 0.25) is 0 Å². The molecule has 0 aliphatic rings. The number of esters is 1. The summed E-state index contributed by atoms with van der Waals surface area (Å²) in [6.07, 6.45) is 0. The molecule has 0 spiro atoms. The average molecular weight is 208 g/mol. The SMILES string of the molecule is CCOC(=O)c1cccc(C(C)NN)c1. The third kappa shape index (κ3) is 3.04. The Hall–Kier alpha value is -1.39. The van der Waals surface area contributed by atoms with Crippen molar-refractivity contribution in [1.82, 2.24) is 5.43 Å². The number of ether oxygens (including phenoxy) is 1. The second-order valence-electron chi connectivity index (χ2n) is 3.23. The summed E-state index contributed by atoms with van der Waals surface area (Å²) in [5.41, 5.74) is 4.14. The van der Waals surface area contributed by atoms with Gasteiger partial charge in [-0.15, -0.1) is 0 Å². The maximum atomic E-state index is 11.4. The molecule has 82 valence electrons. The molecule has 0 aliphatic heterocycles. The van der Waals surface area contributed by atoms with Crippen LogP contribution in [0.1, 0.15) is 35.8 Å². The van der Waals surface area contributed by atoms with E-state index in [0.717, 1.165) is 5.56 Å². The smallest absolute Gasteiger partial charge is 0.338 e. The second-order valence-corrected chi connectivity index (χ2v) is 3.23. The molecule has 1 aromatic rings. The van der Waals surface area contributed by atoms with Gasteiger partial charge in [-0.25, -0.2) is 4.79 Å². The van der Waals surface area contributed by atoms with Crippen molar-refractivity contribution in [2.24, 2.45) is 5.84 Å². The topological polar surface area (TPSA) is 64.3 Å². The molecule has 0 fully saturated rings. The van der Waals surface area contributed by atoms with Crippen molar-refractivity contribution in [2.75, 3.05) is 6.61 Å². The monoisotopic (exact) mass is 208 g/mol. The van der Waals surface area contributed by atoms with Crippen LogP contribution in [-0.2, 0) is 4.74 Å². The molecule has 4 nitrogen and oxygen atoms in total. The number of benzene rings is 1. The molecule has 0 aromatic heterocycles. The molecule has 4 heteroatoms. The minimum absolute atomic E-state index is 0.0133. The summed E-state index contributed by atoms with van der Waals surface area (Å²) < 4.78 is 4.91. The van der Waals surface area contributed by atoms with Gasteiger partial charge in [-0.1, -0.05) is 12.1 Å². The maximum Gasteiger partial charge on any atom is 0.338 e. The van der Waals surface area contributed by atoms with E-state index in [-0.39, 0.29) is 12.0 Å². The number of nitrogens with one attached hydrogen (secondary N) is 1. The predicted octanol–water partition coefficient (Wildman–Crippen LogP) is 1.39. The van der Waals surface area contributed by atoms with Crippen molar-refractivity contribution in [2.45, 2.75) is 19.9 Å². The molecule has 1 aromatic carbocycles. The fraction of sp³-hybridized carbons (Fsp3) is 0.364. The Morgan fingerprint density at radius 2 is 2.33 bits per heavy atom. The Balaban J connectivity index is 2.87. The zero-order valence-electron chi connectivity index (χ0n) is 8.99. The molecule has 1 unspecified atom stereocenters. The number of rotatable bonds is 4. The first kappa shape index (κ1) is 11.7. The quantitative estimate of drug-likeness (QED) is 0.446. The summed E-state index contributed by atoms with van der Waals surface area (Å²) in [5, 5.41) is 0. The number of hydrogen-bond acceptors (Lipinski definition) is 4. The first-order chi connectivity index (χ1) is 7.19. The first-order valence-electron chi connectivity index (χ1n) is 4.92. The number of hydrogen-bond donors (Lipinski definition) is 2. The van der Waals surface area contributed by atoms with Gasteiger partial charge in [-0.05, 0) is 31.5 Å². The van der Waals surface area contributed by atoms with Crippen molar-refractivity contribution in [3.8, 4) is 0 Å². The zero-order valence-corrected chi connectivity index (χ0v) is 8.99. The van der Waals surface area contributed by atoms with Gasteiger partial charge in [0.1, 0.15) is 0 Å². The molecule has 0 bridgehead atoms. The molecule has 0 radical (unpaired) electrons. The normalized spacial score (nSPS) is 12.2. The van der Waals surface area contributed by atoms with E-state index in [1.54, 1.807) is 19.1 Å². The lowest BCUT2D eigenvalue weighted by molar-refractivity contribution is 0.0526. The Labute approximate surface area is 89.4 Å². The van der Waals surface area contributed by atoms with Gasteiger partial charge in [-0.3, -0.25) is 11.3 Å². The van der Waals surface area contributed by atoms with Crippen LogP contribution < -0.4 is 11.3 Å². The minimum atomic E-state index is -0.302. The predicted molar refractivity (Wildman–Crippen MR) is 58.1 cm³/mol. The summed E-state index contributed by atoms with van der Waals surface area (Å²) >= 11 is 0. The molecule has 3 N–H and O–H groups in total. The lowest BCUT2D eigenvalue weighted by Crippen LogP contribution is -2.25. The van der Waals surface area contributed by atoms with Gasteiger partial charge in [0.2, 0.25) is 0 Å². The third-order valence-corrected chi connectivity index (χ3v) is 2.15. The Morgan fingerprint density at radius 1 is 1.60 bits per heavy atom. The van der Waals surface area contributed by atoms with E-state index >= 15 is 0 Å². The van der Waals surface area contributed by atoms with Crippen molar-refractivity contribution >= 4 is 5.97 Å². The molecule has 0 saturated heterocycles. The maximum absolute atomic E-state index is 11.4. The highest BCUT2D eigenvalue weighted by atomic mass is 16.5. The van der Waals surface area contributed by atoms with Gasteiger partial charge >= 0.3 is 5.97 Å². The van der Waals surface area contributed by atoms with Gasteiger partial charge in [0.05, 0.1) is 12.2 Å². The van der Waals surface area contributed by atoms with E-state index in [4.69, 9.17) is 10.6 Å². The summed E-state index contributed by atoms with van der Waals surface area (Å²) in [6.45, 7) is 4.09. The highest BCUT2D eigenvalue weighted by Gasteiger charge is 2.09. The minimum Gasteiger partial charge on any atom is -0.462 e. The molecular formula is C11H16N2O2. The highest BCUT2D eigenvalue weighted by Crippen LogP contribution is 2.13. The van der Waals surface area contributed by atoms with E-state index in [1.165, 1.54) is 0 Å². The fourth-order valence-corrected chi connectivity index (χ4v) is 1.25. The molecule has 1 rings (SSSR count). The molecular weight excluding hydrogens is 192 g/mol. The summed E-state index contributed by atoms with van der Waals surface area (Å²) in [7, 11) is 0. The average Bonchev–Trinajstić information content (AvgIpc) is 2.28. The second kappa shape index (κ2) is 5.48. The molecule has 15 heavy (non-hydrogen) atoms. The third-order valence-electron chi connectivity index (χ3n) is 2.15. The van der Waals surface area contributed by atoms with E-state index in [0.29, 0.717) is 12.2 Å². The van der Waals surface area contributed by atoms with Crippen molar-refractivity contribution in [1.29, 1.82) is 0 Å². The van der Waals surface area contributed by atoms with E-state index in [1.807, 2.05) is 19.1 Å². The molecule has 0 saturated carbocycles. The van der Waals surface area contributed by atoms with E-state index in [9.17, 15) is 4.79 Å². The Morgan fingerprint density at radius 3 is 2.93 bits per heavy atom. The zero-order chi connectivity index (χ0) is 11.3. The Kier molecular flexibility index (Phi) is 4.27. The Bertz CT molecular complexity index is 339. The highest BCUT2D eigenvalue weighted by molar-refractivity contribution is 5.89. The van der Waals surface area contributed by atoms with Crippen LogP contribution in [0.25, 0.3) is 0 Å². The standard InChI is InChI=1S/C11H16N2O2/c1-3-15-11(14)10-6-4-5-9(7-10)8(2)13-12/h4-8,13H,3,12H2,1-2H3. The van der Waals surface area contributed by atoms with Crippen molar-refractivity contribution < 1.29 is 9.53 Å². The van der Waals surface area contributed by atoms with Crippen LogP contribution >= 0.6 is 0 Å². The number of carbonyl (C=O) groups excluding carboxylic acids is 1. The van der Waals surface area contributed by atoms with Crippen LogP contribution in [0, 0.1) is 0 Å². The van der Waals surface area contributed by atoms with Gasteiger partial charge < -0.3 is 4.74 Å². The molecule has 0 heterocycles. The van der Waals surface area contributed by atoms with Crippen LogP contribution in [0.5, 0.6) is 0 Å². The largest absolute Gasteiger partial charge is 0.462 e. The lowest BCUT2D eigenvalue weighted by Gasteiger charge is -2.11. The van der Waals surface area contributed by atoms with E-state index < -0.39 is 0 Å². The van der Waals surface area contributed by atoms with Crippen LogP contribution in [0.15, 0.2) is 24.3 Å². The first-order valence-corrected chi connectivity index (χ1v) is 4.92. The number of carbonyl (C=O) groups is 1. The lowest BCUT2D eigenvalue weighted by atomic mass is 10.1.